The van der Waals surface area contributed by atoms with Gasteiger partial charge in [-0.1, -0.05) is 66.7 Å². The number of piperidine rings is 3. The van der Waals surface area contributed by atoms with Crippen molar-refractivity contribution in [2.75, 3.05) is 32.7 Å². The van der Waals surface area contributed by atoms with Crippen molar-refractivity contribution in [1.82, 2.24) is 10.3 Å². The SMILES string of the molecule is O=C(Cc1ccccn1)NCCC[N+]12CCC(CC1)C(OC(=O)C([O-])(c1ccccc1)c1ccccc1)C2. The van der Waals surface area contributed by atoms with Gasteiger partial charge in [0.1, 0.15) is 6.54 Å². The number of ether oxygens (including phenoxy) is 1. The third kappa shape index (κ3) is 5.64. The van der Waals surface area contributed by atoms with Crippen LogP contribution in [0.5, 0.6) is 0 Å². The van der Waals surface area contributed by atoms with Crippen molar-refractivity contribution in [2.24, 2.45) is 5.92 Å². The average molecular weight is 514 g/mol. The van der Waals surface area contributed by atoms with Crippen molar-refractivity contribution in [3.8, 4) is 0 Å². The van der Waals surface area contributed by atoms with Crippen molar-refractivity contribution >= 4 is 11.9 Å². The lowest BCUT2D eigenvalue weighted by Crippen LogP contribution is -2.65. The number of fused-ring (bicyclic) bond motifs is 3. The largest absolute Gasteiger partial charge is 0.834 e. The van der Waals surface area contributed by atoms with Gasteiger partial charge in [-0.25, -0.2) is 0 Å². The smallest absolute Gasteiger partial charge is 0.304 e. The van der Waals surface area contributed by atoms with Crippen LogP contribution in [0.15, 0.2) is 85.1 Å². The molecule has 4 heterocycles. The Bertz CT molecular complexity index is 1170. The topological polar surface area (TPSA) is 91.3 Å². The number of nitrogens with zero attached hydrogens (tertiary/aromatic N) is 2. The van der Waals surface area contributed by atoms with Crippen molar-refractivity contribution < 1.29 is 23.9 Å². The monoisotopic (exact) mass is 513 g/mol. The van der Waals surface area contributed by atoms with Gasteiger partial charge in [0.2, 0.25) is 5.91 Å². The van der Waals surface area contributed by atoms with E-state index in [0.29, 0.717) is 17.7 Å². The molecule has 38 heavy (non-hydrogen) atoms. The Balaban J connectivity index is 1.20. The quantitative estimate of drug-likeness (QED) is 0.256. The Morgan fingerprint density at radius 2 is 1.58 bits per heavy atom. The van der Waals surface area contributed by atoms with Gasteiger partial charge in [0.25, 0.3) is 0 Å². The number of benzene rings is 2. The highest BCUT2D eigenvalue weighted by atomic mass is 16.6. The molecule has 0 radical (unpaired) electrons. The Kier molecular flexibility index (Phi) is 7.86. The molecule has 0 spiro atoms. The maximum absolute atomic E-state index is 14.2. The van der Waals surface area contributed by atoms with Crippen LogP contribution in [0.4, 0.5) is 0 Å². The summed E-state index contributed by atoms with van der Waals surface area (Å²) < 4.78 is 6.96. The summed E-state index contributed by atoms with van der Waals surface area (Å²) in [6.07, 6.45) is 4.50. The lowest BCUT2D eigenvalue weighted by atomic mass is 9.82. The van der Waals surface area contributed by atoms with E-state index >= 15 is 0 Å². The van der Waals surface area contributed by atoms with Crippen LogP contribution < -0.4 is 10.4 Å². The van der Waals surface area contributed by atoms with E-state index in [4.69, 9.17) is 4.74 Å². The maximum Gasteiger partial charge on any atom is 0.304 e. The van der Waals surface area contributed by atoms with Gasteiger partial charge in [-0.2, -0.15) is 0 Å². The number of hydrogen-bond donors (Lipinski definition) is 1. The second kappa shape index (κ2) is 11.5. The Morgan fingerprint density at radius 1 is 0.947 bits per heavy atom. The second-order valence-electron chi connectivity index (χ2n) is 10.6. The number of rotatable bonds is 10. The molecule has 6 rings (SSSR count). The first-order valence-corrected chi connectivity index (χ1v) is 13.5. The lowest BCUT2D eigenvalue weighted by molar-refractivity contribution is -0.946. The van der Waals surface area contributed by atoms with Gasteiger partial charge in [0.05, 0.1) is 26.1 Å². The maximum atomic E-state index is 14.2. The number of amides is 1. The molecular weight excluding hydrogens is 478 g/mol. The minimum Gasteiger partial charge on any atom is -0.834 e. The average Bonchev–Trinajstić information content (AvgIpc) is 2.97. The van der Waals surface area contributed by atoms with Gasteiger partial charge >= 0.3 is 5.97 Å². The molecular formula is C31H35N3O4. The number of quaternary nitrogens is 1. The molecule has 3 aliphatic heterocycles. The van der Waals surface area contributed by atoms with E-state index in [1.807, 2.05) is 30.3 Å². The molecule has 7 nitrogen and oxygen atoms in total. The van der Waals surface area contributed by atoms with Crippen molar-refractivity contribution in [1.29, 1.82) is 0 Å². The minimum atomic E-state index is -2.11. The number of esters is 1. The first-order valence-electron chi connectivity index (χ1n) is 13.5. The summed E-state index contributed by atoms with van der Waals surface area (Å²) >= 11 is 0. The number of carbonyl (C=O) groups is 2. The third-order valence-corrected chi connectivity index (χ3v) is 8.15. The molecule has 3 fully saturated rings. The van der Waals surface area contributed by atoms with Crippen LogP contribution in [-0.2, 0) is 26.3 Å². The van der Waals surface area contributed by atoms with E-state index in [0.717, 1.165) is 55.6 Å². The third-order valence-electron chi connectivity index (χ3n) is 8.15. The summed E-state index contributed by atoms with van der Waals surface area (Å²) in [5, 5.41) is 17.3. The second-order valence-corrected chi connectivity index (χ2v) is 10.6. The molecule has 3 aromatic rings. The fourth-order valence-electron chi connectivity index (χ4n) is 6.01. The summed E-state index contributed by atoms with van der Waals surface area (Å²) in [5.41, 5.74) is -0.571. The number of nitrogens with one attached hydrogen (secondary N) is 1. The molecule has 198 valence electrons. The van der Waals surface area contributed by atoms with E-state index in [9.17, 15) is 14.7 Å². The van der Waals surface area contributed by atoms with E-state index < -0.39 is 11.6 Å². The summed E-state index contributed by atoms with van der Waals surface area (Å²) in [5.74, 6) is -0.470. The zero-order valence-corrected chi connectivity index (χ0v) is 21.6. The molecule has 0 saturated carbocycles. The van der Waals surface area contributed by atoms with E-state index in [2.05, 4.69) is 10.3 Å². The van der Waals surface area contributed by atoms with Crippen LogP contribution in [0.25, 0.3) is 0 Å². The standard InChI is InChI=1S/C31H35N3O4/c35-29(22-27-14-7-8-17-32-27)33-18-9-19-34-20-15-24(16-21-34)28(23-34)38-30(36)31(37,25-10-3-1-4-11-25)26-12-5-2-6-13-26/h1-8,10-14,17,24,28H,9,15-16,18-23H2,(H,33,35). The molecule has 1 N–H and O–H groups in total. The summed E-state index contributed by atoms with van der Waals surface area (Å²) in [6.45, 7) is 4.31. The first kappa shape index (κ1) is 26.1. The van der Waals surface area contributed by atoms with E-state index in [1.54, 1.807) is 54.7 Å². The van der Waals surface area contributed by atoms with Crippen LogP contribution in [0.3, 0.4) is 0 Å². The minimum absolute atomic E-state index is 0.0264. The Morgan fingerprint density at radius 3 is 2.18 bits per heavy atom. The van der Waals surface area contributed by atoms with Crippen LogP contribution in [0, 0.1) is 5.92 Å². The highest BCUT2D eigenvalue weighted by molar-refractivity contribution is 5.85. The molecule has 2 bridgehead atoms. The van der Waals surface area contributed by atoms with E-state index in [-0.39, 0.29) is 24.3 Å². The van der Waals surface area contributed by atoms with E-state index in [1.165, 1.54) is 0 Å². The number of pyridine rings is 1. The molecule has 1 aromatic heterocycles. The summed E-state index contributed by atoms with van der Waals surface area (Å²) in [6, 6.07) is 23.2. The molecule has 1 atom stereocenters. The molecule has 7 heteroatoms. The Hall–Kier alpha value is -3.55. The highest BCUT2D eigenvalue weighted by Gasteiger charge is 2.48. The van der Waals surface area contributed by atoms with Crippen LogP contribution in [0.2, 0.25) is 0 Å². The number of carbonyl (C=O) groups excluding carboxylic acids is 2. The van der Waals surface area contributed by atoms with Crippen molar-refractivity contribution in [2.45, 2.75) is 37.4 Å². The molecule has 0 aliphatic carbocycles. The fraction of sp³-hybridized carbons (Fsp3) is 0.387. The van der Waals surface area contributed by atoms with Crippen LogP contribution in [-0.4, -0.2) is 60.2 Å². The van der Waals surface area contributed by atoms with Gasteiger partial charge < -0.3 is 19.6 Å². The van der Waals surface area contributed by atoms with Crippen molar-refractivity contribution in [3.63, 3.8) is 0 Å². The zero-order valence-electron chi connectivity index (χ0n) is 21.6. The molecule has 3 aliphatic rings. The summed E-state index contributed by atoms with van der Waals surface area (Å²) in [7, 11) is 0. The number of aromatic nitrogens is 1. The van der Waals surface area contributed by atoms with Gasteiger partial charge in [0.15, 0.2) is 6.10 Å². The van der Waals surface area contributed by atoms with Gasteiger partial charge in [-0.15, -0.1) is 0 Å². The predicted molar refractivity (Wildman–Crippen MR) is 142 cm³/mol. The molecule has 3 saturated heterocycles. The van der Waals surface area contributed by atoms with Crippen molar-refractivity contribution in [3.05, 3.63) is 102 Å². The highest BCUT2D eigenvalue weighted by Crippen LogP contribution is 2.37. The summed E-state index contributed by atoms with van der Waals surface area (Å²) in [4.78, 5) is 30.1. The van der Waals surface area contributed by atoms with Gasteiger partial charge in [-0.3, -0.25) is 14.6 Å². The molecule has 1 amide bonds. The zero-order chi connectivity index (χ0) is 26.4. The van der Waals surface area contributed by atoms with Crippen LogP contribution >= 0.6 is 0 Å². The predicted octanol–water partition coefficient (Wildman–Crippen LogP) is 2.59. The van der Waals surface area contributed by atoms with Gasteiger partial charge in [-0.05, 0) is 23.3 Å². The first-order chi connectivity index (χ1) is 18.5. The normalized spacial score (nSPS) is 22.6. The van der Waals surface area contributed by atoms with Gasteiger partial charge in [0, 0.05) is 49.2 Å². The number of hydrogen-bond acceptors (Lipinski definition) is 5. The fourth-order valence-corrected chi connectivity index (χ4v) is 6.01. The van der Waals surface area contributed by atoms with Crippen LogP contribution in [0.1, 0.15) is 36.1 Å². The lowest BCUT2D eigenvalue weighted by Gasteiger charge is -2.53. The molecule has 2 aromatic carbocycles. The Labute approximate surface area is 224 Å². The molecule has 1 unspecified atom stereocenters.